The Balaban J connectivity index is 1.63. The average molecular weight is 468 g/mol. The van der Waals surface area contributed by atoms with Crippen LogP contribution in [0, 0.1) is 17.2 Å². The summed E-state index contributed by atoms with van der Waals surface area (Å²) in [6.45, 7) is 1.91. The van der Waals surface area contributed by atoms with Gasteiger partial charge in [0.25, 0.3) is 10.0 Å². The molecule has 3 atom stereocenters. The van der Waals surface area contributed by atoms with Gasteiger partial charge in [-0.05, 0) is 55.5 Å². The summed E-state index contributed by atoms with van der Waals surface area (Å²) >= 11 is 0. The number of carbonyl (C=O) groups is 1. The molecule has 4 rings (SSSR count). The van der Waals surface area contributed by atoms with Crippen molar-refractivity contribution in [2.45, 2.75) is 56.1 Å². The van der Waals surface area contributed by atoms with E-state index in [0.717, 1.165) is 25.7 Å². The minimum absolute atomic E-state index is 0.107. The van der Waals surface area contributed by atoms with E-state index in [9.17, 15) is 18.3 Å². The summed E-state index contributed by atoms with van der Waals surface area (Å²) < 4.78 is 33.6. The summed E-state index contributed by atoms with van der Waals surface area (Å²) in [6.07, 6.45) is 4.94. The van der Waals surface area contributed by atoms with Crippen molar-refractivity contribution in [1.29, 1.82) is 5.26 Å². The third kappa shape index (κ3) is 4.57. The molecule has 8 nitrogen and oxygen atoms in total. The number of pyridine rings is 1. The van der Waals surface area contributed by atoms with Gasteiger partial charge in [-0.1, -0.05) is 25.5 Å². The molecule has 0 saturated heterocycles. The van der Waals surface area contributed by atoms with E-state index in [0.29, 0.717) is 17.7 Å². The molecule has 0 radical (unpaired) electrons. The first-order valence-electron chi connectivity index (χ1n) is 11.0. The monoisotopic (exact) mass is 467 g/mol. The number of nitrogens with one attached hydrogen (secondary N) is 1. The van der Waals surface area contributed by atoms with E-state index in [1.807, 2.05) is 13.0 Å². The van der Waals surface area contributed by atoms with E-state index in [2.05, 4.69) is 9.71 Å². The number of sulfonamides is 1. The zero-order valence-corrected chi connectivity index (χ0v) is 19.0. The fourth-order valence-corrected chi connectivity index (χ4v) is 5.60. The predicted octanol–water partition coefficient (Wildman–Crippen LogP) is 4.18. The van der Waals surface area contributed by atoms with Crippen LogP contribution in [0.5, 0.6) is 0 Å². The molecule has 0 amide bonds. The van der Waals surface area contributed by atoms with Gasteiger partial charge < -0.3 is 9.84 Å². The van der Waals surface area contributed by atoms with Crippen molar-refractivity contribution < 1.29 is 23.1 Å². The number of aliphatic hydroxyl groups is 1. The third-order valence-electron chi connectivity index (χ3n) is 6.25. The van der Waals surface area contributed by atoms with Gasteiger partial charge in [0.15, 0.2) is 5.03 Å². The molecule has 2 aliphatic rings. The summed E-state index contributed by atoms with van der Waals surface area (Å²) in [5, 5.41) is 19.6. The van der Waals surface area contributed by atoms with E-state index in [-0.39, 0.29) is 33.9 Å². The first-order valence-corrected chi connectivity index (χ1v) is 12.4. The molecule has 1 aliphatic carbocycles. The maximum atomic E-state index is 12.8. The fourth-order valence-electron chi connectivity index (χ4n) is 4.61. The molecule has 9 heteroatoms. The molecule has 0 bridgehead atoms. The van der Waals surface area contributed by atoms with Crippen molar-refractivity contribution in [3.05, 3.63) is 65.1 Å². The largest absolute Gasteiger partial charge is 0.511 e. The van der Waals surface area contributed by atoms with Gasteiger partial charge in [-0.2, -0.15) is 13.7 Å². The molecule has 1 fully saturated rings. The van der Waals surface area contributed by atoms with E-state index in [1.165, 1.54) is 18.3 Å². The van der Waals surface area contributed by atoms with Crippen LogP contribution in [-0.4, -0.2) is 30.6 Å². The number of aliphatic hydroxyl groups excluding tert-OH is 1. The SMILES string of the molecule is CCC(C1=C(O)C2CCCCC2OC1=O)c1cccc(NS(=O)(=O)c2ccc(C#N)cn2)c1. The first kappa shape index (κ1) is 22.8. The smallest absolute Gasteiger partial charge is 0.338 e. The molecular formula is C24H25N3O5S. The minimum atomic E-state index is -3.97. The Morgan fingerprint density at radius 1 is 1.27 bits per heavy atom. The number of aromatic nitrogens is 1. The van der Waals surface area contributed by atoms with Gasteiger partial charge in [-0.25, -0.2) is 9.78 Å². The number of fused-ring (bicyclic) bond motifs is 1. The first-order chi connectivity index (χ1) is 15.8. The van der Waals surface area contributed by atoms with Crippen LogP contribution < -0.4 is 4.72 Å². The lowest BCUT2D eigenvalue weighted by Gasteiger charge is -2.37. The molecule has 1 aromatic carbocycles. The molecule has 2 aromatic rings. The molecule has 0 spiro atoms. The topological polar surface area (TPSA) is 129 Å². The van der Waals surface area contributed by atoms with Crippen LogP contribution in [0.1, 0.15) is 56.1 Å². The van der Waals surface area contributed by atoms with Gasteiger partial charge >= 0.3 is 5.97 Å². The quantitative estimate of drug-likeness (QED) is 0.610. The highest BCUT2D eigenvalue weighted by Gasteiger charge is 2.41. The second kappa shape index (κ2) is 9.24. The Morgan fingerprint density at radius 2 is 2.06 bits per heavy atom. The van der Waals surface area contributed by atoms with E-state index in [1.54, 1.807) is 24.3 Å². The van der Waals surface area contributed by atoms with Crippen LogP contribution in [0.4, 0.5) is 5.69 Å². The Kier molecular flexibility index (Phi) is 6.38. The molecule has 172 valence electrons. The summed E-state index contributed by atoms with van der Waals surface area (Å²) in [7, 11) is -3.97. The number of hydrogen-bond donors (Lipinski definition) is 2. The summed E-state index contributed by atoms with van der Waals surface area (Å²) in [4.78, 5) is 16.6. The predicted molar refractivity (Wildman–Crippen MR) is 121 cm³/mol. The second-order valence-electron chi connectivity index (χ2n) is 8.32. The Bertz CT molecular complexity index is 1230. The van der Waals surface area contributed by atoms with E-state index >= 15 is 0 Å². The van der Waals surface area contributed by atoms with Crippen molar-refractivity contribution >= 4 is 21.7 Å². The highest BCUT2D eigenvalue weighted by atomic mass is 32.2. The molecule has 3 unspecified atom stereocenters. The van der Waals surface area contributed by atoms with Crippen molar-refractivity contribution in [3.8, 4) is 6.07 Å². The number of hydrogen-bond acceptors (Lipinski definition) is 7. The lowest BCUT2D eigenvalue weighted by atomic mass is 9.78. The number of rotatable bonds is 6. The lowest BCUT2D eigenvalue weighted by Crippen LogP contribution is -2.38. The zero-order valence-electron chi connectivity index (χ0n) is 18.2. The number of carbonyl (C=O) groups excluding carboxylic acids is 1. The molecule has 1 aromatic heterocycles. The highest BCUT2D eigenvalue weighted by Crippen LogP contribution is 2.42. The number of nitrogens with zero attached hydrogens (tertiary/aromatic N) is 2. The summed E-state index contributed by atoms with van der Waals surface area (Å²) in [5.41, 5.74) is 1.51. The van der Waals surface area contributed by atoms with Crippen molar-refractivity contribution in [3.63, 3.8) is 0 Å². The normalized spacial score (nSPS) is 21.5. The van der Waals surface area contributed by atoms with Gasteiger partial charge in [-0.3, -0.25) is 4.72 Å². The molecule has 33 heavy (non-hydrogen) atoms. The van der Waals surface area contributed by atoms with Crippen molar-refractivity contribution in [2.24, 2.45) is 5.92 Å². The van der Waals surface area contributed by atoms with Crippen LogP contribution in [-0.2, 0) is 19.6 Å². The lowest BCUT2D eigenvalue weighted by molar-refractivity contribution is -0.152. The van der Waals surface area contributed by atoms with Crippen LogP contribution in [0.2, 0.25) is 0 Å². The fraction of sp³-hybridized carbons (Fsp3) is 0.375. The Labute approximate surface area is 193 Å². The van der Waals surface area contributed by atoms with E-state index in [4.69, 9.17) is 10.00 Å². The third-order valence-corrected chi connectivity index (χ3v) is 7.54. The zero-order chi connectivity index (χ0) is 23.6. The Morgan fingerprint density at radius 3 is 2.76 bits per heavy atom. The van der Waals surface area contributed by atoms with Gasteiger partial charge in [0.2, 0.25) is 0 Å². The van der Waals surface area contributed by atoms with Gasteiger partial charge in [0.05, 0.1) is 17.1 Å². The van der Waals surface area contributed by atoms with Gasteiger partial charge in [0.1, 0.15) is 17.9 Å². The highest BCUT2D eigenvalue weighted by molar-refractivity contribution is 7.92. The molecule has 1 aliphatic heterocycles. The number of esters is 1. The number of anilines is 1. The minimum Gasteiger partial charge on any atom is -0.511 e. The van der Waals surface area contributed by atoms with Gasteiger partial charge in [-0.15, -0.1) is 0 Å². The standard InChI is InChI=1S/C24H25N3O5S/c1-2-18(22-23(28)19-8-3-4-9-20(19)32-24(22)29)16-6-5-7-17(12-16)27-33(30,31)21-11-10-15(13-25)14-26-21/h5-7,10-12,14,18-20,27-28H,2-4,8-9H2,1H3. The number of benzene rings is 1. The van der Waals surface area contributed by atoms with Crippen molar-refractivity contribution in [2.75, 3.05) is 4.72 Å². The summed E-state index contributed by atoms with van der Waals surface area (Å²) in [5.74, 6) is -1.01. The molecule has 2 N–H and O–H groups in total. The van der Waals surface area contributed by atoms with Gasteiger partial charge in [0, 0.05) is 17.8 Å². The number of nitriles is 1. The second-order valence-corrected chi connectivity index (χ2v) is 9.95. The Hall–Kier alpha value is -3.38. The van der Waals surface area contributed by atoms with E-state index < -0.39 is 21.9 Å². The molecular weight excluding hydrogens is 442 g/mol. The van der Waals surface area contributed by atoms with Crippen LogP contribution in [0.25, 0.3) is 0 Å². The average Bonchev–Trinajstić information content (AvgIpc) is 2.81. The van der Waals surface area contributed by atoms with Crippen LogP contribution >= 0.6 is 0 Å². The maximum Gasteiger partial charge on any atom is 0.338 e. The summed E-state index contributed by atoms with van der Waals surface area (Å²) in [6, 6.07) is 11.3. The van der Waals surface area contributed by atoms with Crippen LogP contribution in [0.15, 0.2) is 59.0 Å². The maximum absolute atomic E-state index is 12.8. The molecule has 1 saturated carbocycles. The van der Waals surface area contributed by atoms with Crippen LogP contribution in [0.3, 0.4) is 0 Å². The number of ether oxygens (including phenoxy) is 1. The molecule has 2 heterocycles. The van der Waals surface area contributed by atoms with Crippen molar-refractivity contribution in [1.82, 2.24) is 4.98 Å².